The van der Waals surface area contributed by atoms with Crippen LogP contribution < -0.4 is 5.32 Å². The lowest BCUT2D eigenvalue weighted by molar-refractivity contribution is -0.280. The van der Waals surface area contributed by atoms with Crippen molar-refractivity contribution in [1.82, 2.24) is 5.32 Å². The van der Waals surface area contributed by atoms with Crippen molar-refractivity contribution in [2.75, 3.05) is 13.2 Å². The summed E-state index contributed by atoms with van der Waals surface area (Å²) in [6.07, 6.45) is 2.96. The fourth-order valence-electron chi connectivity index (χ4n) is 3.96. The summed E-state index contributed by atoms with van der Waals surface area (Å²) in [5.41, 5.74) is 2.01. The molecule has 2 aliphatic rings. The van der Waals surface area contributed by atoms with Crippen molar-refractivity contribution in [3.05, 3.63) is 71.8 Å². The van der Waals surface area contributed by atoms with Crippen molar-refractivity contribution in [3.8, 4) is 0 Å². The lowest BCUT2D eigenvalue weighted by Crippen LogP contribution is -2.47. The van der Waals surface area contributed by atoms with Crippen LogP contribution >= 0.6 is 0 Å². The average molecular weight is 351 g/mol. The number of rotatable bonds is 4. The Morgan fingerprint density at radius 1 is 1.00 bits per heavy atom. The molecule has 0 amide bonds. The summed E-state index contributed by atoms with van der Waals surface area (Å²) < 4.78 is 12.9. The molecule has 0 aromatic heterocycles. The van der Waals surface area contributed by atoms with Gasteiger partial charge >= 0.3 is 0 Å². The Hall–Kier alpha value is -2.01. The standard InChI is InChI=1S/C22H25NO3/c24-20-11-13-23-19(15-20)16-21-12-14-25-22(26-21,17-7-3-1-4-8-17)18-9-5-2-6-10-18/h1-10,19,21,23H,11-16H2/t19-,21+/m0/s1. The van der Waals surface area contributed by atoms with Gasteiger partial charge < -0.3 is 14.8 Å². The first-order valence-electron chi connectivity index (χ1n) is 9.44. The Kier molecular flexibility index (Phi) is 5.16. The quantitative estimate of drug-likeness (QED) is 0.917. The Morgan fingerprint density at radius 2 is 1.65 bits per heavy atom. The lowest BCUT2D eigenvalue weighted by atomic mass is 9.93. The van der Waals surface area contributed by atoms with E-state index in [0.717, 1.165) is 30.5 Å². The van der Waals surface area contributed by atoms with E-state index >= 15 is 0 Å². The Morgan fingerprint density at radius 3 is 2.27 bits per heavy atom. The fraction of sp³-hybridized carbons (Fsp3) is 0.409. The van der Waals surface area contributed by atoms with Gasteiger partial charge in [-0.15, -0.1) is 0 Å². The highest BCUT2D eigenvalue weighted by atomic mass is 16.7. The lowest BCUT2D eigenvalue weighted by Gasteiger charge is -2.43. The molecule has 0 aliphatic carbocycles. The summed E-state index contributed by atoms with van der Waals surface area (Å²) in [7, 11) is 0. The minimum absolute atomic E-state index is 0.0487. The van der Waals surface area contributed by atoms with Gasteiger partial charge in [-0.05, 0) is 12.8 Å². The summed E-state index contributed by atoms with van der Waals surface area (Å²) in [4.78, 5) is 11.8. The van der Waals surface area contributed by atoms with Gasteiger partial charge in [0.1, 0.15) is 5.78 Å². The highest BCUT2D eigenvalue weighted by Gasteiger charge is 2.42. The van der Waals surface area contributed by atoms with E-state index in [2.05, 4.69) is 29.6 Å². The molecule has 4 heteroatoms. The maximum Gasteiger partial charge on any atom is 0.222 e. The molecular formula is C22H25NO3. The van der Waals surface area contributed by atoms with Crippen molar-refractivity contribution in [1.29, 1.82) is 0 Å². The molecule has 0 unspecified atom stereocenters. The largest absolute Gasteiger partial charge is 0.342 e. The predicted octanol–water partition coefficient (Wildman–Crippen LogP) is 3.40. The first kappa shape index (κ1) is 17.4. The molecule has 26 heavy (non-hydrogen) atoms. The van der Waals surface area contributed by atoms with Crippen LogP contribution in [0.25, 0.3) is 0 Å². The van der Waals surface area contributed by atoms with Crippen LogP contribution in [0.1, 0.15) is 36.8 Å². The second-order valence-electron chi connectivity index (χ2n) is 7.11. The first-order valence-corrected chi connectivity index (χ1v) is 9.44. The smallest absolute Gasteiger partial charge is 0.222 e. The van der Waals surface area contributed by atoms with Gasteiger partial charge in [-0.3, -0.25) is 4.79 Å². The van der Waals surface area contributed by atoms with Gasteiger partial charge in [-0.2, -0.15) is 0 Å². The van der Waals surface area contributed by atoms with E-state index in [4.69, 9.17) is 9.47 Å². The molecule has 136 valence electrons. The van der Waals surface area contributed by atoms with E-state index in [1.807, 2.05) is 36.4 Å². The number of carbonyl (C=O) groups excluding carboxylic acids is 1. The van der Waals surface area contributed by atoms with Crippen LogP contribution in [-0.2, 0) is 20.1 Å². The minimum Gasteiger partial charge on any atom is -0.342 e. The summed E-state index contributed by atoms with van der Waals surface area (Å²) in [5, 5.41) is 3.46. The normalized spacial score (nSPS) is 25.8. The molecule has 2 saturated heterocycles. The number of ether oxygens (including phenoxy) is 2. The zero-order chi connectivity index (χ0) is 17.8. The van der Waals surface area contributed by atoms with Gasteiger partial charge in [0, 0.05) is 36.6 Å². The number of ketones is 1. The van der Waals surface area contributed by atoms with Crippen LogP contribution in [0.3, 0.4) is 0 Å². The Bertz CT molecular complexity index is 692. The van der Waals surface area contributed by atoms with Crippen LogP contribution in [0.5, 0.6) is 0 Å². The SMILES string of the molecule is O=C1CCN[C@H](C[C@H]2CCOC(c3ccccc3)(c3ccccc3)O2)C1. The number of hydrogen-bond donors (Lipinski definition) is 1. The van der Waals surface area contributed by atoms with E-state index in [1.165, 1.54) is 0 Å². The molecular weight excluding hydrogens is 326 g/mol. The van der Waals surface area contributed by atoms with Crippen molar-refractivity contribution in [2.24, 2.45) is 0 Å². The summed E-state index contributed by atoms with van der Waals surface area (Å²) in [5.74, 6) is -0.539. The van der Waals surface area contributed by atoms with E-state index in [0.29, 0.717) is 25.2 Å². The molecule has 0 saturated carbocycles. The monoisotopic (exact) mass is 351 g/mol. The predicted molar refractivity (Wildman–Crippen MR) is 99.8 cm³/mol. The molecule has 2 aliphatic heterocycles. The molecule has 2 fully saturated rings. The number of nitrogens with one attached hydrogen (secondary N) is 1. The molecule has 0 bridgehead atoms. The highest BCUT2D eigenvalue weighted by Crippen LogP contribution is 2.40. The van der Waals surface area contributed by atoms with Gasteiger partial charge in [0.25, 0.3) is 0 Å². The van der Waals surface area contributed by atoms with Crippen molar-refractivity contribution < 1.29 is 14.3 Å². The maximum absolute atomic E-state index is 11.8. The molecule has 0 spiro atoms. The zero-order valence-electron chi connectivity index (χ0n) is 14.9. The fourth-order valence-corrected chi connectivity index (χ4v) is 3.96. The highest BCUT2D eigenvalue weighted by molar-refractivity contribution is 5.79. The third-order valence-electron chi connectivity index (χ3n) is 5.24. The van der Waals surface area contributed by atoms with E-state index < -0.39 is 5.79 Å². The summed E-state index contributed by atoms with van der Waals surface area (Å²) in [6, 6.07) is 20.5. The summed E-state index contributed by atoms with van der Waals surface area (Å²) >= 11 is 0. The topological polar surface area (TPSA) is 47.6 Å². The second-order valence-corrected chi connectivity index (χ2v) is 7.11. The second kappa shape index (κ2) is 7.70. The number of hydrogen-bond acceptors (Lipinski definition) is 4. The molecule has 4 rings (SSSR count). The van der Waals surface area contributed by atoms with Crippen molar-refractivity contribution in [3.63, 3.8) is 0 Å². The van der Waals surface area contributed by atoms with Crippen molar-refractivity contribution in [2.45, 2.75) is 43.6 Å². The molecule has 0 radical (unpaired) electrons. The van der Waals surface area contributed by atoms with E-state index in [1.54, 1.807) is 0 Å². The third-order valence-corrected chi connectivity index (χ3v) is 5.24. The van der Waals surface area contributed by atoms with Gasteiger partial charge in [0.15, 0.2) is 0 Å². The van der Waals surface area contributed by atoms with Gasteiger partial charge in [-0.1, -0.05) is 60.7 Å². The zero-order valence-corrected chi connectivity index (χ0v) is 14.9. The van der Waals surface area contributed by atoms with Crippen molar-refractivity contribution >= 4 is 5.78 Å². The molecule has 1 N–H and O–H groups in total. The summed E-state index contributed by atoms with van der Waals surface area (Å²) in [6.45, 7) is 1.41. The first-order chi connectivity index (χ1) is 12.8. The van der Waals surface area contributed by atoms with Gasteiger partial charge in [-0.25, -0.2) is 0 Å². The van der Waals surface area contributed by atoms with Gasteiger partial charge in [0.2, 0.25) is 5.79 Å². The van der Waals surface area contributed by atoms with Crippen LogP contribution in [0.15, 0.2) is 60.7 Å². The van der Waals surface area contributed by atoms with Crippen LogP contribution in [-0.4, -0.2) is 31.1 Å². The third kappa shape index (κ3) is 3.58. The molecule has 2 aromatic carbocycles. The average Bonchev–Trinajstić information content (AvgIpc) is 2.69. The number of Topliss-reactive ketones (excluding diaryl/α,β-unsaturated/α-hetero) is 1. The Labute approximate surface area is 154 Å². The molecule has 2 atom stereocenters. The Balaban J connectivity index is 1.61. The molecule has 4 nitrogen and oxygen atoms in total. The van der Waals surface area contributed by atoms with Crippen LogP contribution in [0, 0.1) is 0 Å². The molecule has 2 heterocycles. The number of benzene rings is 2. The van der Waals surface area contributed by atoms with E-state index in [-0.39, 0.29) is 12.1 Å². The number of piperidine rings is 1. The minimum atomic E-state index is -0.885. The van der Waals surface area contributed by atoms with Crippen LogP contribution in [0.4, 0.5) is 0 Å². The van der Waals surface area contributed by atoms with Gasteiger partial charge in [0.05, 0.1) is 12.7 Å². The molecule has 2 aromatic rings. The van der Waals surface area contributed by atoms with E-state index in [9.17, 15) is 4.79 Å². The maximum atomic E-state index is 11.8. The van der Waals surface area contributed by atoms with Crippen LogP contribution in [0.2, 0.25) is 0 Å². The number of carbonyl (C=O) groups is 1.